The van der Waals surface area contributed by atoms with E-state index in [9.17, 15) is 13.2 Å². The summed E-state index contributed by atoms with van der Waals surface area (Å²) < 4.78 is 27.3. The molecular formula is C11H14Cl2N2O4S. The van der Waals surface area contributed by atoms with Crippen LogP contribution in [0.25, 0.3) is 0 Å². The molecule has 6 nitrogen and oxygen atoms in total. The molecule has 0 aliphatic carbocycles. The Morgan fingerprint density at radius 3 is 2.25 bits per heavy atom. The predicted molar refractivity (Wildman–Crippen MR) is 77.6 cm³/mol. The van der Waals surface area contributed by atoms with Crippen molar-refractivity contribution in [2.24, 2.45) is 11.1 Å². The molecule has 0 spiro atoms. The van der Waals surface area contributed by atoms with Gasteiger partial charge in [-0.2, -0.15) is 0 Å². The Hall–Kier alpha value is -1.02. The molecule has 0 heterocycles. The second-order valence-corrected chi connectivity index (χ2v) is 6.80. The van der Waals surface area contributed by atoms with Crippen LogP contribution in [0.2, 0.25) is 10.0 Å². The van der Waals surface area contributed by atoms with E-state index >= 15 is 0 Å². The molecular weight excluding hydrogens is 327 g/mol. The lowest BCUT2D eigenvalue weighted by atomic mass is 10.2. The van der Waals surface area contributed by atoms with Gasteiger partial charge >= 0.3 is 6.09 Å². The summed E-state index contributed by atoms with van der Waals surface area (Å²) in [4.78, 5) is 11.3. The number of anilines is 1. The molecule has 1 rings (SSSR count). The molecule has 20 heavy (non-hydrogen) atoms. The number of nitrogens with two attached hydrogens (primary N) is 1. The van der Waals surface area contributed by atoms with Gasteiger partial charge in [0.05, 0.1) is 27.2 Å². The zero-order valence-electron chi connectivity index (χ0n) is 10.8. The maximum atomic E-state index is 11.5. The van der Waals surface area contributed by atoms with E-state index in [4.69, 9.17) is 33.1 Å². The van der Waals surface area contributed by atoms with E-state index in [0.29, 0.717) is 0 Å². The number of amides is 1. The number of primary sulfonamides is 1. The lowest BCUT2D eigenvalue weighted by Crippen LogP contribution is -2.17. The van der Waals surface area contributed by atoms with Crippen molar-refractivity contribution >= 4 is 45.0 Å². The number of benzene rings is 1. The van der Waals surface area contributed by atoms with Crippen LogP contribution < -0.4 is 10.5 Å². The molecule has 0 radical (unpaired) electrons. The van der Waals surface area contributed by atoms with Gasteiger partial charge in [-0.3, -0.25) is 5.32 Å². The highest BCUT2D eigenvalue weighted by molar-refractivity contribution is 7.89. The van der Waals surface area contributed by atoms with E-state index in [1.807, 2.05) is 13.8 Å². The lowest BCUT2D eigenvalue weighted by Gasteiger charge is -2.12. The van der Waals surface area contributed by atoms with Gasteiger partial charge in [-0.05, 0) is 18.1 Å². The Morgan fingerprint density at radius 1 is 1.35 bits per heavy atom. The average Bonchev–Trinajstić information content (AvgIpc) is 2.29. The fraction of sp³-hybridized carbons (Fsp3) is 0.364. The van der Waals surface area contributed by atoms with E-state index < -0.39 is 16.1 Å². The number of carbonyl (C=O) groups excluding carboxylic acids is 1. The highest BCUT2D eigenvalue weighted by atomic mass is 35.5. The minimum Gasteiger partial charge on any atom is -0.449 e. The van der Waals surface area contributed by atoms with Crippen molar-refractivity contribution < 1.29 is 17.9 Å². The van der Waals surface area contributed by atoms with Crippen LogP contribution in [-0.2, 0) is 14.8 Å². The molecule has 0 aliphatic heterocycles. The summed E-state index contributed by atoms with van der Waals surface area (Å²) in [6.07, 6.45) is -0.731. The minimum absolute atomic E-state index is 0.0528. The summed E-state index contributed by atoms with van der Waals surface area (Å²) in [7, 11) is -3.93. The van der Waals surface area contributed by atoms with Gasteiger partial charge in [-0.15, -0.1) is 0 Å². The molecule has 1 amide bonds. The Balaban J connectivity index is 2.95. The Labute approximate surface area is 127 Å². The predicted octanol–water partition coefficient (Wildman–Crippen LogP) is 2.85. The zero-order valence-corrected chi connectivity index (χ0v) is 13.1. The fourth-order valence-electron chi connectivity index (χ4n) is 1.21. The van der Waals surface area contributed by atoms with Gasteiger partial charge in [0, 0.05) is 0 Å². The van der Waals surface area contributed by atoms with Crippen LogP contribution in [0.3, 0.4) is 0 Å². The van der Waals surface area contributed by atoms with E-state index in [-0.39, 0.29) is 33.2 Å². The first kappa shape index (κ1) is 17.0. The maximum Gasteiger partial charge on any atom is 0.411 e. The summed E-state index contributed by atoms with van der Waals surface area (Å²) in [6, 6.07) is 2.20. The van der Waals surface area contributed by atoms with Gasteiger partial charge in [0.15, 0.2) is 0 Å². The first-order valence-electron chi connectivity index (χ1n) is 5.57. The first-order valence-corrected chi connectivity index (χ1v) is 7.87. The quantitative estimate of drug-likeness (QED) is 0.880. The van der Waals surface area contributed by atoms with E-state index in [1.165, 1.54) is 0 Å². The third-order valence-corrected chi connectivity index (χ3v) is 3.61. The molecule has 0 saturated heterocycles. The number of halogens is 2. The van der Waals surface area contributed by atoms with Gasteiger partial charge in [-0.1, -0.05) is 37.0 Å². The number of sulfonamides is 1. The van der Waals surface area contributed by atoms with E-state index in [1.54, 1.807) is 0 Å². The third kappa shape index (κ3) is 4.82. The topological polar surface area (TPSA) is 98.5 Å². The highest BCUT2D eigenvalue weighted by Gasteiger charge is 2.17. The van der Waals surface area contributed by atoms with Crippen LogP contribution in [0, 0.1) is 5.92 Å². The standard InChI is InChI=1S/C11H14Cl2N2O4S/c1-6(2)5-19-11(16)15-10-8(12)3-7(4-9(10)13)20(14,17)18/h3-4,6H,5H2,1-2H3,(H,15,16)(H2,14,17,18). The second kappa shape index (κ2) is 6.62. The second-order valence-electron chi connectivity index (χ2n) is 4.42. The molecule has 112 valence electrons. The van der Waals surface area contributed by atoms with E-state index in [2.05, 4.69) is 5.32 Å². The average molecular weight is 341 g/mol. The van der Waals surface area contributed by atoms with Crippen LogP contribution >= 0.6 is 23.2 Å². The molecule has 0 bridgehead atoms. The smallest absolute Gasteiger partial charge is 0.411 e. The van der Waals surface area contributed by atoms with Crippen molar-refractivity contribution in [1.29, 1.82) is 0 Å². The molecule has 0 aliphatic rings. The molecule has 9 heteroatoms. The van der Waals surface area contributed by atoms with Gasteiger partial charge < -0.3 is 4.74 Å². The molecule has 0 unspecified atom stereocenters. The number of ether oxygens (including phenoxy) is 1. The summed E-state index contributed by atoms with van der Waals surface area (Å²) in [5.74, 6) is 0.177. The van der Waals surface area contributed by atoms with Crippen molar-refractivity contribution in [1.82, 2.24) is 0 Å². The maximum absolute atomic E-state index is 11.5. The van der Waals surface area contributed by atoms with Crippen LogP contribution in [-0.4, -0.2) is 21.1 Å². The van der Waals surface area contributed by atoms with Gasteiger partial charge in [0.1, 0.15) is 0 Å². The van der Waals surface area contributed by atoms with Gasteiger partial charge in [0.2, 0.25) is 10.0 Å². The van der Waals surface area contributed by atoms with Crippen LogP contribution in [0.5, 0.6) is 0 Å². The van der Waals surface area contributed by atoms with Crippen molar-refractivity contribution in [3.05, 3.63) is 22.2 Å². The van der Waals surface area contributed by atoms with Crippen molar-refractivity contribution in [2.45, 2.75) is 18.7 Å². The molecule has 0 aromatic heterocycles. The molecule has 0 saturated carbocycles. The summed E-state index contributed by atoms with van der Waals surface area (Å²) >= 11 is 11.7. The fourth-order valence-corrected chi connectivity index (χ4v) is 2.49. The Morgan fingerprint density at radius 2 is 1.85 bits per heavy atom. The van der Waals surface area contributed by atoms with Crippen LogP contribution in [0.15, 0.2) is 17.0 Å². The summed E-state index contributed by atoms with van der Waals surface area (Å²) in [5.41, 5.74) is 0.0643. The third-order valence-electron chi connectivity index (χ3n) is 2.12. The summed E-state index contributed by atoms with van der Waals surface area (Å²) in [5, 5.41) is 7.22. The minimum atomic E-state index is -3.93. The van der Waals surface area contributed by atoms with Crippen molar-refractivity contribution in [3.8, 4) is 0 Å². The number of hydrogen-bond acceptors (Lipinski definition) is 4. The van der Waals surface area contributed by atoms with Crippen LogP contribution in [0.4, 0.5) is 10.5 Å². The SMILES string of the molecule is CC(C)COC(=O)Nc1c(Cl)cc(S(N)(=O)=O)cc1Cl. The Bertz CT molecular complexity index is 594. The van der Waals surface area contributed by atoms with Crippen molar-refractivity contribution in [2.75, 3.05) is 11.9 Å². The Kier molecular flexibility index (Phi) is 5.64. The largest absolute Gasteiger partial charge is 0.449 e. The molecule has 0 fully saturated rings. The number of carbonyl (C=O) groups is 1. The van der Waals surface area contributed by atoms with Crippen molar-refractivity contribution in [3.63, 3.8) is 0 Å². The van der Waals surface area contributed by atoms with Crippen LogP contribution in [0.1, 0.15) is 13.8 Å². The lowest BCUT2D eigenvalue weighted by molar-refractivity contribution is 0.147. The molecule has 3 N–H and O–H groups in total. The zero-order chi connectivity index (χ0) is 15.5. The highest BCUT2D eigenvalue weighted by Crippen LogP contribution is 2.33. The monoisotopic (exact) mass is 340 g/mol. The van der Waals surface area contributed by atoms with E-state index in [0.717, 1.165) is 12.1 Å². The summed E-state index contributed by atoms with van der Waals surface area (Å²) in [6.45, 7) is 4.00. The van der Waals surface area contributed by atoms with Gasteiger partial charge in [0.25, 0.3) is 0 Å². The molecule has 1 aromatic carbocycles. The molecule has 1 aromatic rings. The first-order chi connectivity index (χ1) is 9.11. The number of nitrogens with one attached hydrogen (secondary N) is 1. The van der Waals surface area contributed by atoms with Gasteiger partial charge in [-0.25, -0.2) is 18.4 Å². The molecule has 0 atom stereocenters. The number of rotatable bonds is 4. The number of hydrogen-bond donors (Lipinski definition) is 2. The normalized spacial score (nSPS) is 11.5.